The third kappa shape index (κ3) is 1.89. The van der Waals surface area contributed by atoms with Gasteiger partial charge in [0.1, 0.15) is 11.6 Å². The zero-order chi connectivity index (χ0) is 9.97. The van der Waals surface area contributed by atoms with Crippen molar-refractivity contribution in [3.05, 3.63) is 30.0 Å². The molecule has 0 radical (unpaired) electrons. The van der Waals surface area contributed by atoms with E-state index in [0.717, 1.165) is 24.5 Å². The molecule has 0 saturated carbocycles. The number of hydrogen-bond donors (Lipinski definition) is 0. The quantitative estimate of drug-likeness (QED) is 0.681. The Bertz CT molecular complexity index is 362. The van der Waals surface area contributed by atoms with Crippen LogP contribution in [0.2, 0.25) is 0 Å². The molecule has 0 saturated heterocycles. The first-order valence-electron chi connectivity index (χ1n) is 4.64. The molecule has 0 amide bonds. The number of halogens is 1. The van der Waals surface area contributed by atoms with Gasteiger partial charge in [-0.05, 0) is 19.4 Å². The molecule has 14 heavy (non-hydrogen) atoms. The summed E-state index contributed by atoms with van der Waals surface area (Å²) >= 11 is 0. The van der Waals surface area contributed by atoms with E-state index in [2.05, 4.69) is 9.97 Å². The number of nitrogens with zero attached hydrogens (tertiary/aromatic N) is 3. The molecule has 2 rings (SSSR count). The van der Waals surface area contributed by atoms with Crippen molar-refractivity contribution in [2.75, 3.05) is 18.0 Å². The zero-order valence-corrected chi connectivity index (χ0v) is 8.07. The molecule has 0 N–H and O–H groups in total. The maximum atomic E-state index is 13.0. The van der Waals surface area contributed by atoms with E-state index in [9.17, 15) is 4.39 Å². The highest BCUT2D eigenvalue weighted by atomic mass is 19.1. The van der Waals surface area contributed by atoms with Crippen molar-refractivity contribution in [2.45, 2.75) is 13.3 Å². The average Bonchev–Trinajstić information content (AvgIpc) is 2.18. The molecule has 0 fully saturated rings. The SMILES string of the molecule is Cc1cncc(N2CCC=C(F)C2)n1. The number of aryl methyl sites for hydroxylation is 1. The van der Waals surface area contributed by atoms with Crippen LogP contribution >= 0.6 is 0 Å². The minimum Gasteiger partial charge on any atom is -0.348 e. The van der Waals surface area contributed by atoms with Gasteiger partial charge in [0.2, 0.25) is 0 Å². The van der Waals surface area contributed by atoms with Crippen molar-refractivity contribution in [3.63, 3.8) is 0 Å². The largest absolute Gasteiger partial charge is 0.348 e. The molecule has 2 heterocycles. The van der Waals surface area contributed by atoms with Crippen molar-refractivity contribution in [3.8, 4) is 0 Å². The Morgan fingerprint density at radius 2 is 2.29 bits per heavy atom. The summed E-state index contributed by atoms with van der Waals surface area (Å²) in [6.45, 7) is 3.01. The van der Waals surface area contributed by atoms with Crippen LogP contribution in [0.15, 0.2) is 24.3 Å². The standard InChI is InChI=1S/C10H12FN3/c1-8-5-12-6-10(13-8)14-4-2-3-9(11)7-14/h3,5-6H,2,4,7H2,1H3. The summed E-state index contributed by atoms with van der Waals surface area (Å²) < 4.78 is 13.0. The molecule has 1 aromatic heterocycles. The summed E-state index contributed by atoms with van der Waals surface area (Å²) in [7, 11) is 0. The van der Waals surface area contributed by atoms with Crippen LogP contribution in [0.1, 0.15) is 12.1 Å². The van der Waals surface area contributed by atoms with Gasteiger partial charge in [0, 0.05) is 12.7 Å². The normalized spacial score (nSPS) is 16.7. The highest BCUT2D eigenvalue weighted by Crippen LogP contribution is 2.17. The lowest BCUT2D eigenvalue weighted by molar-refractivity contribution is 0.572. The minimum atomic E-state index is -0.0837. The lowest BCUT2D eigenvalue weighted by Crippen LogP contribution is -2.29. The van der Waals surface area contributed by atoms with Gasteiger partial charge in [-0.1, -0.05) is 0 Å². The van der Waals surface area contributed by atoms with Crippen LogP contribution < -0.4 is 4.90 Å². The molecular weight excluding hydrogens is 181 g/mol. The first-order chi connectivity index (χ1) is 6.75. The van der Waals surface area contributed by atoms with Crippen LogP contribution in [0.25, 0.3) is 0 Å². The first kappa shape index (κ1) is 9.12. The average molecular weight is 193 g/mol. The van der Waals surface area contributed by atoms with E-state index in [1.165, 1.54) is 0 Å². The van der Waals surface area contributed by atoms with E-state index >= 15 is 0 Å². The van der Waals surface area contributed by atoms with Crippen molar-refractivity contribution >= 4 is 5.82 Å². The lowest BCUT2D eigenvalue weighted by Gasteiger charge is -2.25. The maximum absolute atomic E-state index is 13.0. The van der Waals surface area contributed by atoms with Crippen LogP contribution in [0.3, 0.4) is 0 Å². The van der Waals surface area contributed by atoms with Gasteiger partial charge in [-0.2, -0.15) is 0 Å². The van der Waals surface area contributed by atoms with E-state index < -0.39 is 0 Å². The van der Waals surface area contributed by atoms with Crippen molar-refractivity contribution in [1.82, 2.24) is 9.97 Å². The molecular formula is C10H12FN3. The van der Waals surface area contributed by atoms with Gasteiger partial charge >= 0.3 is 0 Å². The predicted molar refractivity (Wildman–Crippen MR) is 52.8 cm³/mol. The summed E-state index contributed by atoms with van der Waals surface area (Å²) in [6.07, 6.45) is 5.73. The van der Waals surface area contributed by atoms with Crippen LogP contribution in [-0.2, 0) is 0 Å². The smallest absolute Gasteiger partial charge is 0.147 e. The topological polar surface area (TPSA) is 29.0 Å². The molecule has 3 nitrogen and oxygen atoms in total. The zero-order valence-electron chi connectivity index (χ0n) is 8.07. The molecule has 0 aromatic carbocycles. The summed E-state index contributed by atoms with van der Waals surface area (Å²) in [5.74, 6) is 0.674. The van der Waals surface area contributed by atoms with Crippen LogP contribution in [0.4, 0.5) is 10.2 Å². The monoisotopic (exact) mass is 193 g/mol. The molecule has 1 aliphatic rings. The number of aromatic nitrogens is 2. The van der Waals surface area contributed by atoms with Gasteiger partial charge in [0.05, 0.1) is 18.4 Å². The predicted octanol–water partition coefficient (Wildman–Crippen LogP) is 1.85. The van der Waals surface area contributed by atoms with E-state index in [-0.39, 0.29) is 5.83 Å². The lowest BCUT2D eigenvalue weighted by atomic mass is 10.2. The fourth-order valence-electron chi connectivity index (χ4n) is 1.50. The van der Waals surface area contributed by atoms with Crippen molar-refractivity contribution < 1.29 is 4.39 Å². The fourth-order valence-corrected chi connectivity index (χ4v) is 1.50. The molecule has 74 valence electrons. The molecule has 4 heteroatoms. The van der Waals surface area contributed by atoms with Gasteiger partial charge < -0.3 is 4.90 Å². The summed E-state index contributed by atoms with van der Waals surface area (Å²) in [4.78, 5) is 10.2. The van der Waals surface area contributed by atoms with Crippen molar-refractivity contribution in [1.29, 1.82) is 0 Å². The van der Waals surface area contributed by atoms with Gasteiger partial charge in [-0.3, -0.25) is 4.98 Å². The van der Waals surface area contributed by atoms with Crippen molar-refractivity contribution in [2.24, 2.45) is 0 Å². The summed E-state index contributed by atoms with van der Waals surface area (Å²) in [5, 5.41) is 0. The number of anilines is 1. The van der Waals surface area contributed by atoms with Gasteiger partial charge in [-0.25, -0.2) is 9.37 Å². The van der Waals surface area contributed by atoms with Gasteiger partial charge in [0.15, 0.2) is 0 Å². The first-order valence-corrected chi connectivity index (χ1v) is 4.64. The van der Waals surface area contributed by atoms with Crippen LogP contribution in [0.5, 0.6) is 0 Å². The Balaban J connectivity index is 2.19. The number of rotatable bonds is 1. The Morgan fingerprint density at radius 3 is 3.00 bits per heavy atom. The highest BCUT2D eigenvalue weighted by Gasteiger charge is 2.13. The molecule has 0 bridgehead atoms. The Labute approximate surface area is 82.3 Å². The Morgan fingerprint density at radius 1 is 1.43 bits per heavy atom. The third-order valence-corrected chi connectivity index (χ3v) is 2.17. The second-order valence-corrected chi connectivity index (χ2v) is 3.38. The van der Waals surface area contributed by atoms with Crippen LogP contribution in [0, 0.1) is 6.92 Å². The highest BCUT2D eigenvalue weighted by molar-refractivity contribution is 5.39. The van der Waals surface area contributed by atoms with Gasteiger partial charge in [0.25, 0.3) is 0 Å². The fraction of sp³-hybridized carbons (Fsp3) is 0.400. The van der Waals surface area contributed by atoms with E-state index in [0.29, 0.717) is 6.54 Å². The number of hydrogen-bond acceptors (Lipinski definition) is 3. The molecule has 0 spiro atoms. The third-order valence-electron chi connectivity index (χ3n) is 2.17. The van der Waals surface area contributed by atoms with Gasteiger partial charge in [-0.15, -0.1) is 0 Å². The van der Waals surface area contributed by atoms with E-state index in [1.807, 2.05) is 11.8 Å². The molecule has 0 atom stereocenters. The minimum absolute atomic E-state index is 0.0837. The van der Waals surface area contributed by atoms with E-state index in [1.54, 1.807) is 18.5 Å². The second-order valence-electron chi connectivity index (χ2n) is 3.38. The Kier molecular flexibility index (Phi) is 2.43. The summed E-state index contributed by atoms with van der Waals surface area (Å²) in [6, 6.07) is 0. The summed E-state index contributed by atoms with van der Waals surface area (Å²) in [5.41, 5.74) is 0.859. The second kappa shape index (κ2) is 3.74. The van der Waals surface area contributed by atoms with E-state index in [4.69, 9.17) is 0 Å². The molecule has 0 unspecified atom stereocenters. The molecule has 1 aliphatic heterocycles. The maximum Gasteiger partial charge on any atom is 0.147 e. The molecule has 1 aromatic rings. The Hall–Kier alpha value is -1.45. The van der Waals surface area contributed by atoms with Crippen LogP contribution in [-0.4, -0.2) is 23.1 Å². The molecule has 0 aliphatic carbocycles.